The zero-order chi connectivity index (χ0) is 11.5. The van der Waals surface area contributed by atoms with Gasteiger partial charge in [0.25, 0.3) is 0 Å². The molecule has 0 saturated heterocycles. The molecule has 0 aliphatic rings. The van der Waals surface area contributed by atoms with Gasteiger partial charge in [-0.15, -0.1) is 0 Å². The molecule has 16 heavy (non-hydrogen) atoms. The Kier molecular flexibility index (Phi) is 3.78. The van der Waals surface area contributed by atoms with Gasteiger partial charge in [0.15, 0.2) is 0 Å². The van der Waals surface area contributed by atoms with E-state index in [-0.39, 0.29) is 6.04 Å². The van der Waals surface area contributed by atoms with Gasteiger partial charge < -0.3 is 9.73 Å². The third-order valence-corrected chi connectivity index (χ3v) is 3.29. The third-order valence-electron chi connectivity index (χ3n) is 2.23. The molecule has 0 aliphatic carbocycles. The monoisotopic (exact) mass is 344 g/mol. The van der Waals surface area contributed by atoms with Gasteiger partial charge in [0, 0.05) is 15.1 Å². The molecule has 3 nitrogen and oxygen atoms in total. The molecular formula is C11H10Br2N2O. The van der Waals surface area contributed by atoms with E-state index in [1.165, 1.54) is 0 Å². The summed E-state index contributed by atoms with van der Waals surface area (Å²) in [6.45, 7) is 0. The fraction of sp³-hybridized carbons (Fsp3) is 0.182. The van der Waals surface area contributed by atoms with Gasteiger partial charge in [-0.05, 0) is 57.1 Å². The average molecular weight is 346 g/mol. The molecule has 1 unspecified atom stereocenters. The van der Waals surface area contributed by atoms with E-state index >= 15 is 0 Å². The van der Waals surface area contributed by atoms with Crippen molar-refractivity contribution in [1.29, 1.82) is 0 Å². The average Bonchev–Trinajstić information content (AvgIpc) is 2.75. The Morgan fingerprint density at radius 3 is 2.81 bits per heavy atom. The number of nitrogens with zero attached hydrogens (tertiary/aromatic N) is 1. The standard InChI is InChI=1S/C11H10Br2N2O/c1-14-11(9-3-2-4-16-9)10-8(13)5-7(12)6-15-10/h2-6,11,14H,1H3. The van der Waals surface area contributed by atoms with Crippen LogP contribution in [0, 0.1) is 0 Å². The van der Waals surface area contributed by atoms with Gasteiger partial charge in [-0.1, -0.05) is 0 Å². The second-order valence-electron chi connectivity index (χ2n) is 3.26. The predicted molar refractivity (Wildman–Crippen MR) is 69.2 cm³/mol. The van der Waals surface area contributed by atoms with E-state index in [1.807, 2.05) is 25.2 Å². The number of pyridine rings is 1. The molecule has 2 heterocycles. The lowest BCUT2D eigenvalue weighted by Gasteiger charge is -2.14. The predicted octanol–water partition coefficient (Wildman–Crippen LogP) is 3.51. The zero-order valence-corrected chi connectivity index (χ0v) is 11.7. The lowest BCUT2D eigenvalue weighted by Crippen LogP contribution is -2.18. The summed E-state index contributed by atoms with van der Waals surface area (Å²) in [7, 11) is 1.88. The first-order valence-corrected chi connectivity index (χ1v) is 6.32. The van der Waals surface area contributed by atoms with Crippen LogP contribution in [0.15, 0.2) is 44.0 Å². The van der Waals surface area contributed by atoms with Gasteiger partial charge >= 0.3 is 0 Å². The molecule has 0 bridgehead atoms. The molecule has 2 aromatic rings. The minimum Gasteiger partial charge on any atom is -0.467 e. The van der Waals surface area contributed by atoms with Gasteiger partial charge in [0.2, 0.25) is 0 Å². The van der Waals surface area contributed by atoms with Crippen molar-refractivity contribution in [2.75, 3.05) is 7.05 Å². The Bertz CT molecular complexity index is 471. The smallest absolute Gasteiger partial charge is 0.126 e. The van der Waals surface area contributed by atoms with Gasteiger partial charge in [0.05, 0.1) is 12.0 Å². The molecule has 0 radical (unpaired) electrons. The molecule has 0 aliphatic heterocycles. The zero-order valence-electron chi connectivity index (χ0n) is 8.58. The van der Waals surface area contributed by atoms with Crippen molar-refractivity contribution >= 4 is 31.9 Å². The highest BCUT2D eigenvalue weighted by Crippen LogP contribution is 2.28. The molecule has 0 fully saturated rings. The normalized spacial score (nSPS) is 12.7. The van der Waals surface area contributed by atoms with E-state index in [0.717, 1.165) is 20.4 Å². The first-order chi connectivity index (χ1) is 7.72. The molecular weight excluding hydrogens is 336 g/mol. The van der Waals surface area contributed by atoms with Gasteiger partial charge in [-0.2, -0.15) is 0 Å². The molecule has 1 atom stereocenters. The molecule has 2 rings (SSSR count). The summed E-state index contributed by atoms with van der Waals surface area (Å²) in [5.41, 5.74) is 0.903. The van der Waals surface area contributed by atoms with Gasteiger partial charge in [-0.3, -0.25) is 4.98 Å². The molecule has 0 saturated carbocycles. The quantitative estimate of drug-likeness (QED) is 0.925. The minimum atomic E-state index is -0.0440. The SMILES string of the molecule is CNC(c1ccco1)c1ncc(Br)cc1Br. The van der Waals surface area contributed by atoms with Crippen LogP contribution in [0.5, 0.6) is 0 Å². The van der Waals surface area contributed by atoms with Crippen LogP contribution in [0.2, 0.25) is 0 Å². The number of rotatable bonds is 3. The Morgan fingerprint density at radius 1 is 1.44 bits per heavy atom. The first kappa shape index (κ1) is 11.8. The fourth-order valence-corrected chi connectivity index (χ4v) is 2.72. The van der Waals surface area contributed by atoms with Crippen molar-refractivity contribution in [2.24, 2.45) is 0 Å². The molecule has 2 aromatic heterocycles. The van der Waals surface area contributed by atoms with Crippen LogP contribution in [0.3, 0.4) is 0 Å². The van der Waals surface area contributed by atoms with Crippen LogP contribution < -0.4 is 5.32 Å². The molecule has 84 valence electrons. The summed E-state index contributed by atoms with van der Waals surface area (Å²) < 4.78 is 7.28. The highest BCUT2D eigenvalue weighted by atomic mass is 79.9. The second kappa shape index (κ2) is 5.12. The summed E-state index contributed by atoms with van der Waals surface area (Å²) in [6, 6.07) is 5.72. The van der Waals surface area contributed by atoms with Crippen molar-refractivity contribution in [1.82, 2.24) is 10.3 Å². The van der Waals surface area contributed by atoms with Crippen LogP contribution in [-0.2, 0) is 0 Å². The van der Waals surface area contributed by atoms with Gasteiger partial charge in [0.1, 0.15) is 11.8 Å². The van der Waals surface area contributed by atoms with Crippen LogP contribution >= 0.6 is 31.9 Å². The summed E-state index contributed by atoms with van der Waals surface area (Å²) >= 11 is 6.88. The van der Waals surface area contributed by atoms with E-state index in [4.69, 9.17) is 4.42 Å². The lowest BCUT2D eigenvalue weighted by molar-refractivity contribution is 0.458. The van der Waals surface area contributed by atoms with E-state index in [0.29, 0.717) is 0 Å². The number of nitrogens with one attached hydrogen (secondary N) is 1. The minimum absolute atomic E-state index is 0.0440. The Labute approximate surface area is 111 Å². The van der Waals surface area contributed by atoms with Crippen LogP contribution in [0.1, 0.15) is 17.5 Å². The Hall–Kier alpha value is -0.650. The van der Waals surface area contributed by atoms with Crippen molar-refractivity contribution in [3.63, 3.8) is 0 Å². The van der Waals surface area contributed by atoms with Gasteiger partial charge in [-0.25, -0.2) is 0 Å². The number of aromatic nitrogens is 1. The summed E-state index contributed by atoms with van der Waals surface area (Å²) in [6.07, 6.45) is 3.43. The molecule has 0 aromatic carbocycles. The molecule has 0 spiro atoms. The third kappa shape index (κ3) is 2.36. The maximum Gasteiger partial charge on any atom is 0.126 e. The van der Waals surface area contributed by atoms with E-state index < -0.39 is 0 Å². The Balaban J connectivity index is 2.41. The summed E-state index contributed by atoms with van der Waals surface area (Å²) in [5, 5.41) is 3.18. The molecule has 0 amide bonds. The van der Waals surface area contributed by atoms with Crippen molar-refractivity contribution in [3.8, 4) is 0 Å². The highest BCUT2D eigenvalue weighted by Gasteiger charge is 2.18. The first-order valence-electron chi connectivity index (χ1n) is 4.74. The highest BCUT2D eigenvalue weighted by molar-refractivity contribution is 9.11. The largest absolute Gasteiger partial charge is 0.467 e. The van der Waals surface area contributed by atoms with Crippen LogP contribution in [0.4, 0.5) is 0 Å². The molecule has 1 N–H and O–H groups in total. The van der Waals surface area contributed by atoms with Crippen molar-refractivity contribution in [3.05, 3.63) is 51.1 Å². The van der Waals surface area contributed by atoms with Crippen LogP contribution in [-0.4, -0.2) is 12.0 Å². The number of furan rings is 1. The number of hydrogen-bond donors (Lipinski definition) is 1. The number of hydrogen-bond acceptors (Lipinski definition) is 3. The summed E-state index contributed by atoms with van der Waals surface area (Å²) in [4.78, 5) is 4.39. The lowest BCUT2D eigenvalue weighted by atomic mass is 10.1. The van der Waals surface area contributed by atoms with E-state index in [1.54, 1.807) is 12.5 Å². The maximum atomic E-state index is 5.39. The van der Waals surface area contributed by atoms with Crippen LogP contribution in [0.25, 0.3) is 0 Å². The molecule has 5 heteroatoms. The van der Waals surface area contributed by atoms with E-state index in [9.17, 15) is 0 Å². The Morgan fingerprint density at radius 2 is 2.25 bits per heavy atom. The van der Waals surface area contributed by atoms with Crippen molar-refractivity contribution < 1.29 is 4.42 Å². The second-order valence-corrected chi connectivity index (χ2v) is 5.03. The summed E-state index contributed by atoms with van der Waals surface area (Å²) in [5.74, 6) is 0.845. The topological polar surface area (TPSA) is 38.1 Å². The van der Waals surface area contributed by atoms with E-state index in [2.05, 4.69) is 42.2 Å². The number of halogens is 2. The fourth-order valence-electron chi connectivity index (χ4n) is 1.51. The van der Waals surface area contributed by atoms with Crippen molar-refractivity contribution in [2.45, 2.75) is 6.04 Å². The maximum absolute atomic E-state index is 5.39.